The van der Waals surface area contributed by atoms with Crippen LogP contribution in [0, 0.1) is 0 Å². The number of carbonyl (C=O) groups excluding carboxylic acids is 2. The van der Waals surface area contributed by atoms with Crippen LogP contribution in [-0.2, 0) is 47.6 Å². The Labute approximate surface area is 257 Å². The number of aryl methyl sites for hydroxylation is 1. The number of ether oxygens (including phenoxy) is 1. The zero-order valence-corrected chi connectivity index (χ0v) is 26.8. The third-order valence-corrected chi connectivity index (χ3v) is 10.3. The summed E-state index contributed by atoms with van der Waals surface area (Å²) in [5.41, 5.74) is 7.07. The Bertz CT molecular complexity index is 1480. The van der Waals surface area contributed by atoms with Crippen molar-refractivity contribution in [3.05, 3.63) is 18.1 Å². The molecule has 2 amide bonds. The summed E-state index contributed by atoms with van der Waals surface area (Å²) in [4.78, 5) is 67.9. The average Bonchev–Trinajstić information content (AvgIpc) is 3.46. The number of hydrogen-bond acceptors (Lipinski definition) is 13. The third-order valence-electron chi connectivity index (χ3n) is 6.47. The van der Waals surface area contributed by atoms with Gasteiger partial charge in [-0.25, -0.2) is 23.7 Å². The summed E-state index contributed by atoms with van der Waals surface area (Å²) >= 11 is 0. The molecule has 3 rings (SSSR count). The van der Waals surface area contributed by atoms with Gasteiger partial charge in [0, 0.05) is 39.1 Å². The molecule has 2 aromatic rings. The zero-order valence-electron chi connectivity index (χ0n) is 24.1. The summed E-state index contributed by atoms with van der Waals surface area (Å²) in [7, 11) is -16.7. The molecular weight excluding hydrogens is 665 g/mol. The molecule has 1 fully saturated rings. The highest BCUT2D eigenvalue weighted by molar-refractivity contribution is 7.66. The molecule has 23 heteroatoms. The molecule has 0 saturated carbocycles. The van der Waals surface area contributed by atoms with Crippen LogP contribution in [0.25, 0.3) is 11.0 Å². The number of aromatic nitrogens is 3. The van der Waals surface area contributed by atoms with Crippen molar-refractivity contribution in [2.24, 2.45) is 0 Å². The normalized spacial score (nSPS) is 21.3. The van der Waals surface area contributed by atoms with Crippen LogP contribution < -0.4 is 16.4 Å². The monoisotopic (exact) mass is 702 g/mol. The van der Waals surface area contributed by atoms with Crippen molar-refractivity contribution in [2.45, 2.75) is 70.3 Å². The van der Waals surface area contributed by atoms with Crippen LogP contribution >= 0.6 is 23.5 Å². The lowest BCUT2D eigenvalue weighted by molar-refractivity contribution is -0.121. The van der Waals surface area contributed by atoms with Crippen LogP contribution in [0.15, 0.2) is 12.5 Å². The summed E-state index contributed by atoms with van der Waals surface area (Å²) in [5.74, 6) is -0.0938. The Kier molecular flexibility index (Phi) is 13.2. The number of phosphoric ester groups is 1. The minimum Gasteiger partial charge on any atom is -0.390 e. The van der Waals surface area contributed by atoms with E-state index in [4.69, 9.17) is 20.3 Å². The van der Waals surface area contributed by atoms with Gasteiger partial charge in [-0.15, -0.1) is 0 Å². The van der Waals surface area contributed by atoms with Gasteiger partial charge >= 0.3 is 23.5 Å². The van der Waals surface area contributed by atoms with Crippen molar-refractivity contribution < 1.29 is 65.8 Å². The summed E-state index contributed by atoms with van der Waals surface area (Å²) in [5, 5.41) is 16.6. The molecule has 3 unspecified atom stereocenters. The van der Waals surface area contributed by atoms with E-state index in [1.165, 1.54) is 13.3 Å². The first-order valence-electron chi connectivity index (χ1n) is 13.7. The molecule has 2 aromatic heterocycles. The second kappa shape index (κ2) is 16.0. The van der Waals surface area contributed by atoms with Crippen molar-refractivity contribution in [1.82, 2.24) is 25.2 Å². The zero-order chi connectivity index (χ0) is 33.4. The largest absolute Gasteiger partial charge is 0.490 e. The van der Waals surface area contributed by atoms with Crippen molar-refractivity contribution in [1.29, 1.82) is 0 Å². The maximum atomic E-state index is 12.5. The highest BCUT2D eigenvalue weighted by Gasteiger charge is 2.43. The van der Waals surface area contributed by atoms with E-state index in [1.54, 1.807) is 10.8 Å². The summed E-state index contributed by atoms with van der Waals surface area (Å²) in [6, 6.07) is 0. The van der Waals surface area contributed by atoms with Gasteiger partial charge in [0.1, 0.15) is 30.1 Å². The molecule has 20 nitrogen and oxygen atoms in total. The van der Waals surface area contributed by atoms with Crippen LogP contribution in [0.4, 0.5) is 5.82 Å². The van der Waals surface area contributed by atoms with Crippen LogP contribution in [0.1, 0.15) is 57.2 Å². The molecule has 1 saturated heterocycles. The number of nitrogen functional groups attached to an aromatic ring is 1. The number of fused-ring (bicyclic) bond motifs is 1. The van der Waals surface area contributed by atoms with Crippen LogP contribution in [0.3, 0.4) is 0 Å². The van der Waals surface area contributed by atoms with Gasteiger partial charge in [-0.05, 0) is 24.8 Å². The Morgan fingerprint density at radius 1 is 1.04 bits per heavy atom. The lowest BCUT2D eigenvalue weighted by Crippen LogP contribution is -2.26. The fraction of sp³-hybridized carbons (Fsp3) is 0.636. The van der Waals surface area contributed by atoms with Crippen LogP contribution in [0.5, 0.6) is 0 Å². The highest BCUT2D eigenvalue weighted by Crippen LogP contribution is 2.66. The number of rotatable bonds is 18. The van der Waals surface area contributed by atoms with E-state index in [0.29, 0.717) is 29.7 Å². The van der Waals surface area contributed by atoms with Crippen molar-refractivity contribution in [3.63, 3.8) is 0 Å². The Balaban J connectivity index is 1.56. The second-order valence-corrected chi connectivity index (χ2v) is 14.5. The Hall–Kier alpha value is -2.31. The fourth-order valence-electron chi connectivity index (χ4n) is 4.54. The number of phosphoric acid groups is 3. The lowest BCUT2D eigenvalue weighted by atomic mass is 10.1. The first-order valence-corrected chi connectivity index (χ1v) is 18.2. The minimum absolute atomic E-state index is 0.0527. The number of nitrogens with one attached hydrogen (secondary N) is 2. The van der Waals surface area contributed by atoms with E-state index < -0.39 is 48.5 Å². The van der Waals surface area contributed by atoms with Gasteiger partial charge in [0.05, 0.1) is 18.1 Å². The molecule has 0 aromatic carbocycles. The van der Waals surface area contributed by atoms with Gasteiger partial charge in [-0.1, -0.05) is 12.8 Å². The predicted molar refractivity (Wildman–Crippen MR) is 155 cm³/mol. The SMILES string of the molecule is CC(=O)NCCCCCCNC(=O)CCc1cn([C@H]2CC(O)[C@@H](COP(=O)(O)OP(=O)(O)OP(=O)(O)O)O2)c2ncnc(N)c12. The van der Waals surface area contributed by atoms with Gasteiger partial charge < -0.3 is 50.4 Å². The van der Waals surface area contributed by atoms with Crippen LogP contribution in [0.2, 0.25) is 0 Å². The molecule has 0 radical (unpaired) electrons. The molecule has 0 bridgehead atoms. The maximum absolute atomic E-state index is 12.5. The smallest absolute Gasteiger partial charge is 0.390 e. The van der Waals surface area contributed by atoms with Gasteiger partial charge in [0.2, 0.25) is 11.8 Å². The first kappa shape index (κ1) is 37.2. The molecular formula is C22H37N6O14P3. The Morgan fingerprint density at radius 2 is 1.71 bits per heavy atom. The molecule has 9 N–H and O–H groups in total. The number of hydrogen-bond donors (Lipinski definition) is 8. The minimum atomic E-state index is -5.71. The van der Waals surface area contributed by atoms with Gasteiger partial charge in [-0.2, -0.15) is 8.62 Å². The number of unbranched alkanes of at least 4 members (excludes halogenated alkanes) is 3. The van der Waals surface area contributed by atoms with Crippen molar-refractivity contribution in [2.75, 3.05) is 25.4 Å². The molecule has 1 aliphatic rings. The third kappa shape index (κ3) is 12.1. The summed E-state index contributed by atoms with van der Waals surface area (Å²) in [6.45, 7) is 1.75. The van der Waals surface area contributed by atoms with Crippen molar-refractivity contribution in [3.8, 4) is 0 Å². The van der Waals surface area contributed by atoms with E-state index in [0.717, 1.165) is 25.7 Å². The number of aliphatic hydroxyl groups excluding tert-OH is 1. The number of nitrogens with zero attached hydrogens (tertiary/aromatic N) is 3. The molecule has 5 atom stereocenters. The molecule has 45 heavy (non-hydrogen) atoms. The summed E-state index contributed by atoms with van der Waals surface area (Å²) < 4.78 is 53.6. The number of aliphatic hydroxyl groups is 1. The maximum Gasteiger partial charge on any atom is 0.490 e. The molecule has 254 valence electrons. The van der Waals surface area contributed by atoms with E-state index in [2.05, 4.69) is 33.7 Å². The van der Waals surface area contributed by atoms with E-state index >= 15 is 0 Å². The van der Waals surface area contributed by atoms with E-state index in [9.17, 15) is 38.2 Å². The molecule has 0 spiro atoms. The van der Waals surface area contributed by atoms with E-state index in [-0.39, 0.29) is 36.9 Å². The molecule has 0 aliphatic carbocycles. The standard InChI is InChI=1S/C22H37N6O14P3/c1-14(29)24-8-4-2-3-5-9-25-18(31)7-6-15-11-28(22-20(15)21(23)26-13-27-22)19-10-16(30)17(40-19)12-39-44(35,36)42-45(37,38)41-43(32,33)34/h11,13,16-17,19,30H,2-10,12H2,1H3,(H,24,29)(H,25,31)(H,35,36)(H,37,38)(H2,23,26,27)(H2,32,33,34)/t16?,17-,19-/m1/s1. The molecule has 3 heterocycles. The highest BCUT2D eigenvalue weighted by atomic mass is 31.3. The van der Waals surface area contributed by atoms with Gasteiger partial charge in [-0.3, -0.25) is 14.1 Å². The molecule has 1 aliphatic heterocycles. The first-order chi connectivity index (χ1) is 21.0. The quantitative estimate of drug-likeness (QED) is 0.0785. The average molecular weight is 702 g/mol. The summed E-state index contributed by atoms with van der Waals surface area (Å²) in [6.07, 6.45) is 3.27. The Morgan fingerprint density at radius 3 is 2.36 bits per heavy atom. The van der Waals surface area contributed by atoms with E-state index in [1.807, 2.05) is 0 Å². The van der Waals surface area contributed by atoms with Crippen molar-refractivity contribution >= 4 is 52.1 Å². The fourth-order valence-corrected chi connectivity index (χ4v) is 7.56. The predicted octanol–water partition coefficient (Wildman–Crippen LogP) is 0.750. The topological polar surface area (TPSA) is 304 Å². The number of nitrogens with two attached hydrogens (primary N) is 1. The number of amides is 2. The lowest BCUT2D eigenvalue weighted by Gasteiger charge is -2.19. The van der Waals surface area contributed by atoms with Gasteiger partial charge in [0.15, 0.2) is 0 Å². The van der Waals surface area contributed by atoms with Gasteiger partial charge in [0.25, 0.3) is 0 Å². The number of carbonyl (C=O) groups is 2. The van der Waals surface area contributed by atoms with Crippen LogP contribution in [-0.4, -0.2) is 82.9 Å². The number of anilines is 1. The second-order valence-electron chi connectivity index (χ2n) is 10.1.